The van der Waals surface area contributed by atoms with Crippen molar-refractivity contribution in [2.24, 2.45) is 7.05 Å². The Labute approximate surface area is 126 Å². The minimum absolute atomic E-state index is 1.23. The first-order valence-electron chi connectivity index (χ1n) is 6.23. The zero-order valence-electron chi connectivity index (χ0n) is 10.7. The van der Waals surface area contributed by atoms with Gasteiger partial charge in [0.1, 0.15) is 0 Å². The van der Waals surface area contributed by atoms with E-state index in [0.717, 1.165) is 0 Å². The fourth-order valence-corrected chi connectivity index (χ4v) is 3.29. The van der Waals surface area contributed by atoms with Crippen LogP contribution in [-0.4, -0.2) is 4.57 Å². The van der Waals surface area contributed by atoms with Crippen LogP contribution in [-0.2, 0) is 7.05 Å². The van der Waals surface area contributed by atoms with Gasteiger partial charge in [-0.2, -0.15) is 0 Å². The highest BCUT2D eigenvalue weighted by Gasteiger charge is 2.09. The van der Waals surface area contributed by atoms with E-state index in [9.17, 15) is 0 Å². The van der Waals surface area contributed by atoms with Gasteiger partial charge in [0.05, 0.1) is 5.69 Å². The first kappa shape index (κ1) is 12.5. The number of halogens is 1. The molecule has 0 atom stereocenters. The van der Waals surface area contributed by atoms with Crippen LogP contribution in [0.1, 0.15) is 11.3 Å². The number of hydrogen-bond acceptors (Lipinski definition) is 0. The number of rotatable bonds is 2. The average molecular weight is 359 g/mol. The van der Waals surface area contributed by atoms with Crippen molar-refractivity contribution in [1.82, 2.24) is 4.57 Å². The number of nitrogens with zero attached hydrogens (tertiary/aromatic N) is 1. The normalized spacial score (nSPS) is 11.5. The van der Waals surface area contributed by atoms with Gasteiger partial charge >= 0.3 is 0 Å². The highest BCUT2D eigenvalue weighted by molar-refractivity contribution is 14.1. The van der Waals surface area contributed by atoms with Gasteiger partial charge in [-0.25, -0.2) is 0 Å². The number of aromatic nitrogens is 1. The molecule has 0 unspecified atom stereocenters. The molecule has 1 aromatic heterocycles. The SMILES string of the molecule is Cn1c(/C=C\c2ccccc2)c(I)c2ccccc21. The molecule has 0 aliphatic heterocycles. The van der Waals surface area contributed by atoms with Gasteiger partial charge in [-0.05, 0) is 40.3 Å². The second kappa shape index (κ2) is 5.21. The van der Waals surface area contributed by atoms with Crippen molar-refractivity contribution in [2.45, 2.75) is 0 Å². The highest BCUT2D eigenvalue weighted by atomic mass is 127. The Bertz CT molecular complexity index is 700. The lowest BCUT2D eigenvalue weighted by atomic mass is 10.2. The van der Waals surface area contributed by atoms with Crippen LogP contribution >= 0.6 is 22.6 Å². The molecule has 1 nitrogen and oxygen atoms in total. The van der Waals surface area contributed by atoms with E-state index in [2.05, 4.69) is 94.9 Å². The third-order valence-corrected chi connectivity index (χ3v) is 4.46. The summed E-state index contributed by atoms with van der Waals surface area (Å²) in [6.07, 6.45) is 4.35. The molecular weight excluding hydrogens is 345 g/mol. The van der Waals surface area contributed by atoms with Gasteiger partial charge in [-0.15, -0.1) is 0 Å². The summed E-state index contributed by atoms with van der Waals surface area (Å²) in [6, 6.07) is 18.9. The second-order valence-electron chi connectivity index (χ2n) is 4.52. The molecule has 0 N–H and O–H groups in total. The summed E-state index contributed by atoms with van der Waals surface area (Å²) in [7, 11) is 2.12. The standard InChI is InChI=1S/C17H14IN/c1-19-15-10-6-5-9-14(15)17(18)16(19)12-11-13-7-3-2-4-8-13/h2-12H,1H3/b12-11-. The quantitative estimate of drug-likeness (QED) is 0.571. The van der Waals surface area contributed by atoms with Crippen molar-refractivity contribution in [3.63, 3.8) is 0 Å². The molecule has 1 heterocycles. The second-order valence-corrected chi connectivity index (χ2v) is 5.60. The van der Waals surface area contributed by atoms with E-state index in [1.807, 2.05) is 6.07 Å². The van der Waals surface area contributed by atoms with Gasteiger partial charge in [0.25, 0.3) is 0 Å². The lowest BCUT2D eigenvalue weighted by molar-refractivity contribution is 0.952. The molecule has 0 bridgehead atoms. The van der Waals surface area contributed by atoms with Gasteiger partial charge in [0.15, 0.2) is 0 Å². The number of fused-ring (bicyclic) bond motifs is 1. The maximum atomic E-state index is 2.43. The Morgan fingerprint density at radius 2 is 1.58 bits per heavy atom. The van der Waals surface area contributed by atoms with E-state index in [0.29, 0.717) is 0 Å². The lowest BCUT2D eigenvalue weighted by Gasteiger charge is -1.99. The Morgan fingerprint density at radius 3 is 2.32 bits per heavy atom. The van der Waals surface area contributed by atoms with E-state index >= 15 is 0 Å². The largest absolute Gasteiger partial charge is 0.343 e. The van der Waals surface area contributed by atoms with Crippen molar-refractivity contribution in [3.05, 3.63) is 69.4 Å². The average Bonchev–Trinajstić information content (AvgIpc) is 2.71. The molecule has 0 spiro atoms. The molecule has 0 radical (unpaired) electrons. The third kappa shape index (κ3) is 2.32. The molecule has 0 aliphatic rings. The van der Waals surface area contributed by atoms with Crippen LogP contribution in [0, 0.1) is 3.57 Å². The first-order valence-corrected chi connectivity index (χ1v) is 7.31. The fourth-order valence-electron chi connectivity index (χ4n) is 2.29. The Balaban J connectivity index is 2.09. The van der Waals surface area contributed by atoms with Gasteiger partial charge in [-0.1, -0.05) is 54.6 Å². The van der Waals surface area contributed by atoms with Gasteiger partial charge < -0.3 is 4.57 Å². The van der Waals surface area contributed by atoms with E-state index in [1.54, 1.807) is 0 Å². The minimum atomic E-state index is 1.23. The zero-order chi connectivity index (χ0) is 13.2. The summed E-state index contributed by atoms with van der Waals surface area (Å²) >= 11 is 2.43. The van der Waals surface area contributed by atoms with Crippen molar-refractivity contribution in [1.29, 1.82) is 0 Å². The molecule has 0 saturated heterocycles. The molecule has 94 valence electrons. The summed E-state index contributed by atoms with van der Waals surface area (Å²) < 4.78 is 3.55. The van der Waals surface area contributed by atoms with Gasteiger partial charge in [0.2, 0.25) is 0 Å². The van der Waals surface area contributed by atoms with Crippen LogP contribution in [0.25, 0.3) is 23.1 Å². The predicted molar refractivity (Wildman–Crippen MR) is 91.0 cm³/mol. The monoisotopic (exact) mass is 359 g/mol. The van der Waals surface area contributed by atoms with Crippen molar-refractivity contribution in [3.8, 4) is 0 Å². The molecule has 3 aromatic rings. The van der Waals surface area contributed by atoms with Crippen molar-refractivity contribution in [2.75, 3.05) is 0 Å². The van der Waals surface area contributed by atoms with Crippen molar-refractivity contribution < 1.29 is 0 Å². The van der Waals surface area contributed by atoms with Gasteiger partial charge in [0, 0.05) is 21.5 Å². The number of para-hydroxylation sites is 1. The molecule has 0 saturated carbocycles. The zero-order valence-corrected chi connectivity index (χ0v) is 12.8. The predicted octanol–water partition coefficient (Wildman–Crippen LogP) is 4.95. The summed E-state index contributed by atoms with van der Waals surface area (Å²) in [4.78, 5) is 0. The third-order valence-electron chi connectivity index (χ3n) is 3.32. The van der Waals surface area contributed by atoms with Crippen LogP contribution in [0.2, 0.25) is 0 Å². The Hall–Kier alpha value is -1.55. The molecule has 3 rings (SSSR count). The van der Waals surface area contributed by atoms with E-state index < -0.39 is 0 Å². The molecule has 2 heteroatoms. The maximum Gasteiger partial charge on any atom is 0.0551 e. The number of benzene rings is 2. The van der Waals surface area contributed by atoms with Crippen LogP contribution in [0.4, 0.5) is 0 Å². The van der Waals surface area contributed by atoms with E-state index in [4.69, 9.17) is 0 Å². The molecule has 19 heavy (non-hydrogen) atoms. The maximum absolute atomic E-state index is 2.43. The summed E-state index contributed by atoms with van der Waals surface area (Å²) in [5, 5.41) is 1.32. The van der Waals surface area contributed by atoms with Gasteiger partial charge in [-0.3, -0.25) is 0 Å². The molecule has 0 fully saturated rings. The summed E-state index contributed by atoms with van der Waals surface area (Å²) in [5.41, 5.74) is 3.76. The Morgan fingerprint density at radius 1 is 0.895 bits per heavy atom. The minimum Gasteiger partial charge on any atom is -0.343 e. The smallest absolute Gasteiger partial charge is 0.0551 e. The Kier molecular flexibility index (Phi) is 3.42. The van der Waals surface area contributed by atoms with Crippen LogP contribution in [0.5, 0.6) is 0 Å². The van der Waals surface area contributed by atoms with E-state index in [1.165, 1.54) is 25.7 Å². The van der Waals surface area contributed by atoms with Crippen LogP contribution in [0.15, 0.2) is 54.6 Å². The molecular formula is C17H14IN. The van der Waals surface area contributed by atoms with Crippen LogP contribution < -0.4 is 0 Å². The highest BCUT2D eigenvalue weighted by Crippen LogP contribution is 2.27. The number of hydrogen-bond donors (Lipinski definition) is 0. The first-order chi connectivity index (χ1) is 9.27. The molecule has 2 aromatic carbocycles. The fraction of sp³-hybridized carbons (Fsp3) is 0.0588. The van der Waals surface area contributed by atoms with Crippen molar-refractivity contribution >= 4 is 45.6 Å². The summed E-state index contributed by atoms with van der Waals surface area (Å²) in [5.74, 6) is 0. The molecule has 0 amide bonds. The lowest BCUT2D eigenvalue weighted by Crippen LogP contribution is -1.90. The number of aryl methyl sites for hydroxylation is 1. The molecule has 0 aliphatic carbocycles. The summed E-state index contributed by atoms with van der Waals surface area (Å²) in [6.45, 7) is 0. The van der Waals surface area contributed by atoms with Crippen LogP contribution in [0.3, 0.4) is 0 Å². The van der Waals surface area contributed by atoms with E-state index in [-0.39, 0.29) is 0 Å². The topological polar surface area (TPSA) is 4.93 Å².